The van der Waals surface area contributed by atoms with Crippen molar-refractivity contribution in [1.82, 2.24) is 9.97 Å². The van der Waals surface area contributed by atoms with E-state index in [1.54, 1.807) is 11.3 Å². The summed E-state index contributed by atoms with van der Waals surface area (Å²) in [5.74, 6) is 1.76. The van der Waals surface area contributed by atoms with E-state index < -0.39 is 0 Å². The van der Waals surface area contributed by atoms with Crippen LogP contribution in [0.5, 0.6) is 0 Å². The van der Waals surface area contributed by atoms with E-state index in [9.17, 15) is 0 Å². The molecule has 0 saturated carbocycles. The van der Waals surface area contributed by atoms with Crippen LogP contribution in [-0.4, -0.2) is 17.0 Å². The largest absolute Gasteiger partial charge is 0.372 e. The van der Waals surface area contributed by atoms with Crippen molar-refractivity contribution in [2.24, 2.45) is 0 Å². The summed E-state index contributed by atoms with van der Waals surface area (Å²) < 4.78 is 1.13. The third-order valence-corrected chi connectivity index (χ3v) is 4.73. The maximum absolute atomic E-state index is 4.71. The Morgan fingerprint density at radius 2 is 2.11 bits per heavy atom. The summed E-state index contributed by atoms with van der Waals surface area (Å²) >= 11 is 4.06. The van der Waals surface area contributed by atoms with Crippen LogP contribution in [-0.2, 0) is 6.42 Å². The molecular formula is C13H16IN3S. The van der Waals surface area contributed by atoms with Gasteiger partial charge in [-0.1, -0.05) is 13.3 Å². The molecule has 0 aliphatic heterocycles. The molecule has 0 aliphatic rings. The van der Waals surface area contributed by atoms with Gasteiger partial charge < -0.3 is 5.32 Å². The van der Waals surface area contributed by atoms with E-state index in [0.717, 1.165) is 38.6 Å². The number of hydrogen-bond donors (Lipinski definition) is 1. The average molecular weight is 373 g/mol. The predicted octanol–water partition coefficient (Wildman–Crippen LogP) is 4.11. The molecule has 0 spiro atoms. The lowest BCUT2D eigenvalue weighted by molar-refractivity contribution is 0.868. The van der Waals surface area contributed by atoms with Crippen molar-refractivity contribution in [3.63, 3.8) is 0 Å². The Morgan fingerprint density at radius 3 is 2.67 bits per heavy atom. The summed E-state index contributed by atoms with van der Waals surface area (Å²) in [5.41, 5.74) is 1.14. The SMILES string of the molecule is CCCc1nc(-c2ccc(C)s2)nc(NC)c1I. The van der Waals surface area contributed by atoms with Crippen molar-refractivity contribution in [2.45, 2.75) is 26.7 Å². The maximum atomic E-state index is 4.71. The van der Waals surface area contributed by atoms with E-state index in [4.69, 9.17) is 4.98 Å². The van der Waals surface area contributed by atoms with Gasteiger partial charge in [-0.3, -0.25) is 0 Å². The monoisotopic (exact) mass is 373 g/mol. The van der Waals surface area contributed by atoms with Gasteiger partial charge in [-0.05, 0) is 48.1 Å². The highest BCUT2D eigenvalue weighted by molar-refractivity contribution is 14.1. The van der Waals surface area contributed by atoms with Gasteiger partial charge in [0.2, 0.25) is 0 Å². The van der Waals surface area contributed by atoms with Gasteiger partial charge in [-0.15, -0.1) is 11.3 Å². The van der Waals surface area contributed by atoms with Crippen LogP contribution in [0.25, 0.3) is 10.7 Å². The van der Waals surface area contributed by atoms with E-state index in [-0.39, 0.29) is 0 Å². The first-order chi connectivity index (χ1) is 8.65. The molecule has 5 heteroatoms. The summed E-state index contributed by atoms with van der Waals surface area (Å²) in [5, 5.41) is 3.16. The summed E-state index contributed by atoms with van der Waals surface area (Å²) in [6, 6.07) is 4.21. The van der Waals surface area contributed by atoms with Gasteiger partial charge in [-0.25, -0.2) is 9.97 Å². The van der Waals surface area contributed by atoms with Crippen LogP contribution in [0.1, 0.15) is 23.9 Å². The zero-order valence-corrected chi connectivity index (χ0v) is 13.7. The Bertz CT molecular complexity index is 551. The molecule has 0 aromatic carbocycles. The lowest BCUT2D eigenvalue weighted by Gasteiger charge is -2.09. The van der Waals surface area contributed by atoms with Gasteiger partial charge in [0.25, 0.3) is 0 Å². The summed E-state index contributed by atoms with van der Waals surface area (Å²) in [4.78, 5) is 11.7. The third kappa shape index (κ3) is 2.83. The first-order valence-electron chi connectivity index (χ1n) is 5.96. The molecule has 0 aliphatic carbocycles. The smallest absolute Gasteiger partial charge is 0.171 e. The number of aryl methyl sites for hydroxylation is 2. The molecule has 0 amide bonds. The Kier molecular flexibility index (Phi) is 4.55. The van der Waals surface area contributed by atoms with Crippen molar-refractivity contribution in [2.75, 3.05) is 12.4 Å². The van der Waals surface area contributed by atoms with Gasteiger partial charge in [-0.2, -0.15) is 0 Å². The number of hydrogen-bond acceptors (Lipinski definition) is 4. The molecular weight excluding hydrogens is 357 g/mol. The minimum atomic E-state index is 0.835. The summed E-state index contributed by atoms with van der Waals surface area (Å²) in [7, 11) is 1.91. The van der Waals surface area contributed by atoms with E-state index in [1.807, 2.05) is 7.05 Å². The van der Waals surface area contributed by atoms with Crippen LogP contribution >= 0.6 is 33.9 Å². The summed E-state index contributed by atoms with van der Waals surface area (Å²) in [6.07, 6.45) is 2.09. The van der Waals surface area contributed by atoms with Crippen LogP contribution in [0.2, 0.25) is 0 Å². The highest BCUT2D eigenvalue weighted by Gasteiger charge is 2.13. The van der Waals surface area contributed by atoms with E-state index in [2.05, 4.69) is 58.9 Å². The molecule has 96 valence electrons. The predicted molar refractivity (Wildman–Crippen MR) is 86.3 cm³/mol. The second-order valence-electron chi connectivity index (χ2n) is 4.07. The molecule has 0 bridgehead atoms. The Morgan fingerprint density at radius 1 is 1.33 bits per heavy atom. The van der Waals surface area contributed by atoms with Crippen molar-refractivity contribution in [3.8, 4) is 10.7 Å². The topological polar surface area (TPSA) is 37.8 Å². The number of rotatable bonds is 4. The molecule has 18 heavy (non-hydrogen) atoms. The number of halogens is 1. The van der Waals surface area contributed by atoms with Crippen LogP contribution < -0.4 is 5.32 Å². The van der Waals surface area contributed by atoms with Crippen molar-refractivity contribution >= 4 is 39.7 Å². The summed E-state index contributed by atoms with van der Waals surface area (Å²) in [6.45, 7) is 4.28. The lowest BCUT2D eigenvalue weighted by Crippen LogP contribution is -2.04. The van der Waals surface area contributed by atoms with Gasteiger partial charge in [0.1, 0.15) is 5.82 Å². The molecule has 0 radical (unpaired) electrons. The second-order valence-corrected chi connectivity index (χ2v) is 6.43. The Labute approximate surface area is 125 Å². The fraction of sp³-hybridized carbons (Fsp3) is 0.385. The second kappa shape index (κ2) is 5.97. The minimum absolute atomic E-state index is 0.835. The first-order valence-corrected chi connectivity index (χ1v) is 7.86. The van der Waals surface area contributed by atoms with Crippen LogP contribution in [0.4, 0.5) is 5.82 Å². The van der Waals surface area contributed by atoms with Gasteiger partial charge in [0, 0.05) is 11.9 Å². The normalized spacial score (nSPS) is 10.7. The van der Waals surface area contributed by atoms with E-state index in [0.29, 0.717) is 0 Å². The van der Waals surface area contributed by atoms with Gasteiger partial charge >= 0.3 is 0 Å². The molecule has 2 aromatic heterocycles. The Balaban J connectivity index is 2.51. The fourth-order valence-electron chi connectivity index (χ4n) is 1.73. The molecule has 2 heterocycles. The fourth-order valence-corrected chi connectivity index (χ4v) is 3.31. The number of aromatic nitrogens is 2. The highest BCUT2D eigenvalue weighted by Crippen LogP contribution is 2.28. The minimum Gasteiger partial charge on any atom is -0.372 e. The molecule has 1 N–H and O–H groups in total. The maximum Gasteiger partial charge on any atom is 0.171 e. The lowest BCUT2D eigenvalue weighted by atomic mass is 10.2. The van der Waals surface area contributed by atoms with E-state index >= 15 is 0 Å². The van der Waals surface area contributed by atoms with Crippen LogP contribution in [0.3, 0.4) is 0 Å². The number of anilines is 1. The van der Waals surface area contributed by atoms with Crippen molar-refractivity contribution < 1.29 is 0 Å². The standard InChI is InChI=1S/C13H16IN3S/c1-4-5-9-11(14)13(15-3)17-12(16-9)10-7-6-8(2)18-10/h6-7H,4-5H2,1-3H3,(H,15,16,17). The van der Waals surface area contributed by atoms with Gasteiger partial charge in [0.15, 0.2) is 5.82 Å². The van der Waals surface area contributed by atoms with E-state index in [1.165, 1.54) is 4.88 Å². The third-order valence-electron chi connectivity index (χ3n) is 2.60. The van der Waals surface area contributed by atoms with Crippen LogP contribution in [0, 0.1) is 10.5 Å². The zero-order chi connectivity index (χ0) is 13.1. The number of nitrogens with zero attached hydrogens (tertiary/aromatic N) is 2. The molecule has 3 nitrogen and oxygen atoms in total. The molecule has 2 aromatic rings. The Hall–Kier alpha value is -0.690. The van der Waals surface area contributed by atoms with Gasteiger partial charge in [0.05, 0.1) is 14.1 Å². The molecule has 0 saturated heterocycles. The average Bonchev–Trinajstić information content (AvgIpc) is 2.79. The molecule has 0 atom stereocenters. The molecule has 2 rings (SSSR count). The quantitative estimate of drug-likeness (QED) is 0.820. The number of nitrogens with one attached hydrogen (secondary N) is 1. The highest BCUT2D eigenvalue weighted by atomic mass is 127. The molecule has 0 unspecified atom stereocenters. The van der Waals surface area contributed by atoms with Crippen molar-refractivity contribution in [3.05, 3.63) is 26.3 Å². The molecule has 0 fully saturated rings. The van der Waals surface area contributed by atoms with Crippen molar-refractivity contribution in [1.29, 1.82) is 0 Å². The first kappa shape index (κ1) is 13.7. The number of thiophene rings is 1. The zero-order valence-electron chi connectivity index (χ0n) is 10.7. The van der Waals surface area contributed by atoms with Crippen LogP contribution in [0.15, 0.2) is 12.1 Å².